The van der Waals surface area contributed by atoms with E-state index in [2.05, 4.69) is 25.6 Å². The number of anilines is 2. The average Bonchev–Trinajstić information content (AvgIpc) is 2.63. The van der Waals surface area contributed by atoms with Gasteiger partial charge in [0.25, 0.3) is 5.91 Å². The molecule has 1 aromatic carbocycles. The van der Waals surface area contributed by atoms with Gasteiger partial charge in [0.15, 0.2) is 0 Å². The van der Waals surface area contributed by atoms with Gasteiger partial charge in [-0.25, -0.2) is 9.97 Å². The van der Waals surface area contributed by atoms with Crippen molar-refractivity contribution >= 4 is 17.5 Å². The summed E-state index contributed by atoms with van der Waals surface area (Å²) in [5.74, 6) is 0.136. The van der Waals surface area contributed by atoms with Crippen LogP contribution in [-0.2, 0) is 6.54 Å². The van der Waals surface area contributed by atoms with Crippen molar-refractivity contribution in [2.75, 3.05) is 5.32 Å². The molecule has 1 amide bonds. The van der Waals surface area contributed by atoms with Gasteiger partial charge in [0.05, 0.1) is 0 Å². The van der Waals surface area contributed by atoms with Gasteiger partial charge in [-0.15, -0.1) is 0 Å². The Bertz CT molecular complexity index is 818. The van der Waals surface area contributed by atoms with Crippen molar-refractivity contribution in [1.29, 1.82) is 0 Å². The molecular formula is C18H17N5O. The number of hydrogen-bond acceptors (Lipinski definition) is 5. The van der Waals surface area contributed by atoms with Gasteiger partial charge in [-0.1, -0.05) is 17.7 Å². The highest BCUT2D eigenvalue weighted by atomic mass is 16.1. The number of hydrogen-bond donors (Lipinski definition) is 2. The van der Waals surface area contributed by atoms with Crippen molar-refractivity contribution in [3.8, 4) is 0 Å². The normalized spacial score (nSPS) is 10.2. The van der Waals surface area contributed by atoms with E-state index in [-0.39, 0.29) is 5.91 Å². The third-order valence-corrected chi connectivity index (χ3v) is 3.40. The zero-order valence-electron chi connectivity index (χ0n) is 13.2. The Labute approximate surface area is 140 Å². The minimum absolute atomic E-state index is 0.249. The summed E-state index contributed by atoms with van der Waals surface area (Å²) in [6.07, 6.45) is 4.94. The van der Waals surface area contributed by atoms with Gasteiger partial charge in [0.2, 0.25) is 5.95 Å². The van der Waals surface area contributed by atoms with E-state index in [9.17, 15) is 4.79 Å². The Morgan fingerprint density at radius 3 is 2.50 bits per heavy atom. The summed E-state index contributed by atoms with van der Waals surface area (Å²) in [5.41, 5.74) is 3.33. The number of carbonyl (C=O) groups is 1. The standard InChI is InChI=1S/C18H17N5O/c1-13-2-4-15(5-3-13)22-18-20-11-8-16(23-18)17(24)21-12-14-6-9-19-10-7-14/h2-11H,12H2,1H3,(H,21,24)(H,20,22,23). The summed E-state index contributed by atoms with van der Waals surface area (Å²) < 4.78 is 0. The number of nitrogens with zero attached hydrogens (tertiary/aromatic N) is 3. The Morgan fingerprint density at radius 1 is 1.00 bits per heavy atom. The molecule has 0 aliphatic heterocycles. The number of amides is 1. The number of aromatic nitrogens is 3. The van der Waals surface area contributed by atoms with Crippen LogP contribution >= 0.6 is 0 Å². The van der Waals surface area contributed by atoms with E-state index >= 15 is 0 Å². The van der Waals surface area contributed by atoms with Crippen LogP contribution in [0.5, 0.6) is 0 Å². The number of aryl methyl sites for hydroxylation is 1. The Morgan fingerprint density at radius 2 is 1.75 bits per heavy atom. The first-order valence-electron chi connectivity index (χ1n) is 7.54. The third kappa shape index (κ3) is 4.13. The van der Waals surface area contributed by atoms with Gasteiger partial charge in [-0.2, -0.15) is 0 Å². The van der Waals surface area contributed by atoms with Crippen LogP contribution in [0.15, 0.2) is 61.1 Å². The van der Waals surface area contributed by atoms with Crippen LogP contribution in [0.25, 0.3) is 0 Å². The lowest BCUT2D eigenvalue weighted by atomic mass is 10.2. The lowest BCUT2D eigenvalue weighted by Crippen LogP contribution is -2.24. The largest absolute Gasteiger partial charge is 0.347 e. The zero-order valence-corrected chi connectivity index (χ0v) is 13.2. The van der Waals surface area contributed by atoms with Crippen LogP contribution in [-0.4, -0.2) is 20.9 Å². The number of nitrogens with one attached hydrogen (secondary N) is 2. The molecule has 3 rings (SSSR count). The highest BCUT2D eigenvalue weighted by Crippen LogP contribution is 2.13. The highest BCUT2D eigenvalue weighted by molar-refractivity contribution is 5.92. The van der Waals surface area contributed by atoms with E-state index in [1.165, 1.54) is 5.56 Å². The number of benzene rings is 1. The fourth-order valence-electron chi connectivity index (χ4n) is 2.08. The molecule has 0 spiro atoms. The monoisotopic (exact) mass is 319 g/mol. The maximum atomic E-state index is 12.2. The zero-order chi connectivity index (χ0) is 16.8. The van der Waals surface area contributed by atoms with Crippen LogP contribution in [0.3, 0.4) is 0 Å². The predicted octanol–water partition coefficient (Wildman–Crippen LogP) is 2.85. The summed E-state index contributed by atoms with van der Waals surface area (Å²) in [7, 11) is 0. The molecule has 0 aliphatic carbocycles. The molecule has 2 aromatic heterocycles. The Kier molecular flexibility index (Phi) is 4.76. The maximum Gasteiger partial charge on any atom is 0.270 e. The van der Waals surface area contributed by atoms with E-state index in [4.69, 9.17) is 0 Å². The van der Waals surface area contributed by atoms with Crippen LogP contribution in [0.4, 0.5) is 11.6 Å². The summed E-state index contributed by atoms with van der Waals surface area (Å²) in [6.45, 7) is 2.44. The summed E-state index contributed by atoms with van der Waals surface area (Å²) in [6, 6.07) is 13.2. The van der Waals surface area contributed by atoms with Crippen molar-refractivity contribution in [2.45, 2.75) is 13.5 Å². The highest BCUT2D eigenvalue weighted by Gasteiger charge is 2.08. The molecule has 2 N–H and O–H groups in total. The molecule has 0 saturated carbocycles. The molecule has 0 atom stereocenters. The van der Waals surface area contributed by atoms with Gasteiger partial charge in [-0.05, 0) is 42.8 Å². The molecule has 2 heterocycles. The average molecular weight is 319 g/mol. The second kappa shape index (κ2) is 7.32. The first-order valence-corrected chi connectivity index (χ1v) is 7.54. The SMILES string of the molecule is Cc1ccc(Nc2nccc(C(=O)NCc3ccncc3)n2)cc1. The first-order chi connectivity index (χ1) is 11.7. The second-order valence-corrected chi connectivity index (χ2v) is 5.29. The quantitative estimate of drug-likeness (QED) is 0.756. The predicted molar refractivity (Wildman–Crippen MR) is 91.9 cm³/mol. The van der Waals surface area contributed by atoms with E-state index in [0.717, 1.165) is 11.3 Å². The second-order valence-electron chi connectivity index (χ2n) is 5.29. The van der Waals surface area contributed by atoms with E-state index in [1.54, 1.807) is 24.7 Å². The number of rotatable bonds is 5. The van der Waals surface area contributed by atoms with Gasteiger partial charge in [0, 0.05) is 30.8 Å². The van der Waals surface area contributed by atoms with Crippen molar-refractivity contribution in [3.63, 3.8) is 0 Å². The van der Waals surface area contributed by atoms with Crippen LogP contribution in [0.2, 0.25) is 0 Å². The molecule has 0 saturated heterocycles. The van der Waals surface area contributed by atoms with Crippen molar-refractivity contribution in [2.24, 2.45) is 0 Å². The lowest BCUT2D eigenvalue weighted by molar-refractivity contribution is 0.0946. The molecule has 0 bridgehead atoms. The van der Waals surface area contributed by atoms with Gasteiger partial charge in [-0.3, -0.25) is 9.78 Å². The van der Waals surface area contributed by atoms with Gasteiger partial charge < -0.3 is 10.6 Å². The summed E-state index contributed by atoms with van der Waals surface area (Å²) >= 11 is 0. The smallest absolute Gasteiger partial charge is 0.270 e. The number of pyridine rings is 1. The van der Waals surface area contributed by atoms with E-state index < -0.39 is 0 Å². The van der Waals surface area contributed by atoms with Crippen LogP contribution < -0.4 is 10.6 Å². The molecule has 0 radical (unpaired) electrons. The van der Waals surface area contributed by atoms with Crippen LogP contribution in [0.1, 0.15) is 21.6 Å². The molecule has 120 valence electrons. The maximum absolute atomic E-state index is 12.2. The van der Waals surface area contributed by atoms with E-state index in [1.807, 2.05) is 43.3 Å². The molecule has 6 heteroatoms. The fourth-order valence-corrected chi connectivity index (χ4v) is 2.08. The lowest BCUT2D eigenvalue weighted by Gasteiger charge is -2.07. The topological polar surface area (TPSA) is 79.8 Å². The molecule has 6 nitrogen and oxygen atoms in total. The Hall–Kier alpha value is -3.28. The molecule has 0 aliphatic rings. The molecule has 3 aromatic rings. The fraction of sp³-hybridized carbons (Fsp3) is 0.111. The Balaban J connectivity index is 1.65. The van der Waals surface area contributed by atoms with Crippen molar-refractivity contribution in [1.82, 2.24) is 20.3 Å². The molecule has 0 fully saturated rings. The van der Waals surface area contributed by atoms with Crippen LogP contribution in [0, 0.1) is 6.92 Å². The minimum Gasteiger partial charge on any atom is -0.347 e. The van der Waals surface area contributed by atoms with Crippen molar-refractivity contribution < 1.29 is 4.79 Å². The molecule has 24 heavy (non-hydrogen) atoms. The molecular weight excluding hydrogens is 302 g/mol. The van der Waals surface area contributed by atoms with Crippen molar-refractivity contribution in [3.05, 3.63) is 77.9 Å². The first kappa shape index (κ1) is 15.6. The van der Waals surface area contributed by atoms with E-state index in [0.29, 0.717) is 18.2 Å². The summed E-state index contributed by atoms with van der Waals surface area (Å²) in [4.78, 5) is 24.6. The third-order valence-electron chi connectivity index (χ3n) is 3.40. The number of carbonyl (C=O) groups excluding carboxylic acids is 1. The van der Waals surface area contributed by atoms with Gasteiger partial charge in [0.1, 0.15) is 5.69 Å². The summed E-state index contributed by atoms with van der Waals surface area (Å²) in [5, 5.41) is 5.92. The minimum atomic E-state index is -0.249. The molecule has 0 unspecified atom stereocenters. The van der Waals surface area contributed by atoms with Gasteiger partial charge >= 0.3 is 0 Å².